The van der Waals surface area contributed by atoms with Crippen LogP contribution in [0.1, 0.15) is 15.9 Å². The van der Waals surface area contributed by atoms with Crippen molar-refractivity contribution in [2.24, 2.45) is 0 Å². The van der Waals surface area contributed by atoms with Crippen molar-refractivity contribution in [1.29, 1.82) is 0 Å². The molecule has 0 unspecified atom stereocenters. The summed E-state index contributed by atoms with van der Waals surface area (Å²) < 4.78 is 13.6. The molecule has 1 amide bonds. The monoisotopic (exact) mass is 323 g/mol. The predicted molar refractivity (Wildman–Crippen MR) is 87.1 cm³/mol. The topological polar surface area (TPSA) is 79.8 Å². The highest BCUT2D eigenvalue weighted by Crippen LogP contribution is 2.16. The molecule has 7 heteroatoms. The maximum atomic E-state index is 13.6. The van der Waals surface area contributed by atoms with Crippen molar-refractivity contribution < 1.29 is 9.18 Å². The molecule has 2 N–H and O–H groups in total. The molecule has 3 rings (SSSR count). The molecule has 2 heterocycles. The lowest BCUT2D eigenvalue weighted by molar-refractivity contribution is 0.0950. The Balaban J connectivity index is 1.61. The molecule has 0 aliphatic carbocycles. The van der Waals surface area contributed by atoms with Crippen molar-refractivity contribution >= 4 is 17.5 Å². The summed E-state index contributed by atoms with van der Waals surface area (Å²) in [5.74, 6) is -0.486. The third kappa shape index (κ3) is 3.89. The third-order valence-electron chi connectivity index (χ3n) is 3.21. The van der Waals surface area contributed by atoms with Gasteiger partial charge in [0.2, 0.25) is 5.95 Å². The number of pyridine rings is 1. The van der Waals surface area contributed by atoms with Gasteiger partial charge in [-0.1, -0.05) is 18.2 Å². The summed E-state index contributed by atoms with van der Waals surface area (Å²) >= 11 is 0. The SMILES string of the molecule is O=C(NCc1cccnc1)c1cnc(Nc2ccccc2F)nc1. The number of hydrogen-bond acceptors (Lipinski definition) is 5. The van der Waals surface area contributed by atoms with Gasteiger partial charge in [-0.2, -0.15) is 0 Å². The van der Waals surface area contributed by atoms with Gasteiger partial charge < -0.3 is 10.6 Å². The normalized spacial score (nSPS) is 10.2. The Labute approximate surface area is 137 Å². The Morgan fingerprint density at radius 3 is 2.54 bits per heavy atom. The number of nitrogens with one attached hydrogen (secondary N) is 2. The van der Waals surface area contributed by atoms with Crippen molar-refractivity contribution in [1.82, 2.24) is 20.3 Å². The van der Waals surface area contributed by atoms with Crippen LogP contribution < -0.4 is 10.6 Å². The maximum absolute atomic E-state index is 13.6. The van der Waals surface area contributed by atoms with Gasteiger partial charge in [0.05, 0.1) is 11.3 Å². The van der Waals surface area contributed by atoms with Crippen LogP contribution in [0.2, 0.25) is 0 Å². The quantitative estimate of drug-likeness (QED) is 0.754. The fourth-order valence-electron chi connectivity index (χ4n) is 1.98. The fraction of sp³-hybridized carbons (Fsp3) is 0.0588. The molecule has 2 aromatic heterocycles. The Morgan fingerprint density at radius 2 is 1.83 bits per heavy atom. The second-order valence-electron chi connectivity index (χ2n) is 4.94. The molecule has 0 bridgehead atoms. The number of nitrogens with zero attached hydrogens (tertiary/aromatic N) is 3. The number of anilines is 2. The molecule has 0 aliphatic rings. The van der Waals surface area contributed by atoms with Gasteiger partial charge in [-0.15, -0.1) is 0 Å². The van der Waals surface area contributed by atoms with Gasteiger partial charge in [0.15, 0.2) is 0 Å². The van der Waals surface area contributed by atoms with Crippen LogP contribution in [-0.4, -0.2) is 20.9 Å². The second-order valence-corrected chi connectivity index (χ2v) is 4.94. The summed E-state index contributed by atoms with van der Waals surface area (Å²) in [6, 6.07) is 9.87. The van der Waals surface area contributed by atoms with E-state index in [9.17, 15) is 9.18 Å². The maximum Gasteiger partial charge on any atom is 0.254 e. The van der Waals surface area contributed by atoms with E-state index in [2.05, 4.69) is 25.6 Å². The zero-order valence-corrected chi connectivity index (χ0v) is 12.6. The number of carbonyl (C=O) groups is 1. The Bertz CT molecular complexity index is 824. The van der Waals surface area contributed by atoms with Crippen LogP contribution in [-0.2, 0) is 6.54 Å². The minimum Gasteiger partial charge on any atom is -0.348 e. The van der Waals surface area contributed by atoms with E-state index in [0.717, 1.165) is 5.56 Å². The summed E-state index contributed by atoms with van der Waals surface area (Å²) in [5, 5.41) is 5.51. The first-order valence-electron chi connectivity index (χ1n) is 7.23. The van der Waals surface area contributed by atoms with E-state index >= 15 is 0 Å². The first kappa shape index (κ1) is 15.5. The van der Waals surface area contributed by atoms with Crippen LogP contribution in [0.25, 0.3) is 0 Å². The van der Waals surface area contributed by atoms with Crippen molar-refractivity contribution in [2.75, 3.05) is 5.32 Å². The number of rotatable bonds is 5. The summed E-state index contributed by atoms with van der Waals surface area (Å²) in [6.07, 6.45) is 6.11. The molecule has 1 aromatic carbocycles. The minimum atomic E-state index is -0.403. The summed E-state index contributed by atoms with van der Waals surface area (Å²) in [5.41, 5.74) is 1.48. The molecule has 24 heavy (non-hydrogen) atoms. The van der Waals surface area contributed by atoms with Crippen LogP contribution in [0.4, 0.5) is 16.0 Å². The number of carbonyl (C=O) groups excluding carboxylic acids is 1. The molecule has 0 fully saturated rings. The first-order valence-corrected chi connectivity index (χ1v) is 7.23. The van der Waals surface area contributed by atoms with E-state index < -0.39 is 5.82 Å². The van der Waals surface area contributed by atoms with Crippen LogP contribution in [0.3, 0.4) is 0 Å². The highest BCUT2D eigenvalue weighted by atomic mass is 19.1. The van der Waals surface area contributed by atoms with E-state index in [-0.39, 0.29) is 17.5 Å². The van der Waals surface area contributed by atoms with E-state index in [1.54, 1.807) is 36.7 Å². The molecular weight excluding hydrogens is 309 g/mol. The highest BCUT2D eigenvalue weighted by Gasteiger charge is 2.08. The van der Waals surface area contributed by atoms with Crippen LogP contribution in [0.15, 0.2) is 61.2 Å². The number of hydrogen-bond donors (Lipinski definition) is 2. The summed E-state index contributed by atoms with van der Waals surface area (Å²) in [4.78, 5) is 24.1. The van der Waals surface area contributed by atoms with Crippen LogP contribution in [0.5, 0.6) is 0 Å². The minimum absolute atomic E-state index is 0.212. The van der Waals surface area contributed by atoms with Gasteiger partial charge in [0, 0.05) is 31.3 Å². The predicted octanol–water partition coefficient (Wildman–Crippen LogP) is 2.68. The molecule has 0 spiro atoms. The third-order valence-corrected chi connectivity index (χ3v) is 3.21. The summed E-state index contributed by atoms with van der Waals surface area (Å²) in [6.45, 7) is 0.363. The zero-order chi connectivity index (χ0) is 16.8. The van der Waals surface area contributed by atoms with E-state index in [1.165, 1.54) is 18.5 Å². The first-order chi connectivity index (χ1) is 11.7. The van der Waals surface area contributed by atoms with Crippen molar-refractivity contribution in [3.05, 3.63) is 78.1 Å². The average Bonchev–Trinajstić information content (AvgIpc) is 2.63. The van der Waals surface area contributed by atoms with Gasteiger partial charge in [0.1, 0.15) is 5.82 Å². The molecule has 0 aliphatic heterocycles. The van der Waals surface area contributed by atoms with Gasteiger partial charge in [-0.05, 0) is 23.8 Å². The molecule has 0 saturated carbocycles. The Kier molecular flexibility index (Phi) is 4.71. The average molecular weight is 323 g/mol. The number of aromatic nitrogens is 3. The van der Waals surface area contributed by atoms with Gasteiger partial charge in [-0.3, -0.25) is 9.78 Å². The molecule has 120 valence electrons. The Hall–Kier alpha value is -3.35. The number of para-hydroxylation sites is 1. The molecular formula is C17H14FN5O. The second kappa shape index (κ2) is 7.28. The number of halogens is 1. The summed E-state index contributed by atoms with van der Waals surface area (Å²) in [7, 11) is 0. The fourth-order valence-corrected chi connectivity index (χ4v) is 1.98. The molecule has 0 atom stereocenters. The van der Waals surface area contributed by atoms with Crippen LogP contribution in [0, 0.1) is 5.82 Å². The number of benzene rings is 1. The van der Waals surface area contributed by atoms with Gasteiger partial charge in [-0.25, -0.2) is 14.4 Å². The van der Waals surface area contributed by atoms with Gasteiger partial charge in [0.25, 0.3) is 5.91 Å². The lowest BCUT2D eigenvalue weighted by atomic mass is 10.2. The van der Waals surface area contributed by atoms with Crippen LogP contribution >= 0.6 is 0 Å². The lowest BCUT2D eigenvalue weighted by Crippen LogP contribution is -2.23. The lowest BCUT2D eigenvalue weighted by Gasteiger charge is -2.07. The molecule has 6 nitrogen and oxygen atoms in total. The molecule has 0 saturated heterocycles. The largest absolute Gasteiger partial charge is 0.348 e. The van der Waals surface area contributed by atoms with E-state index in [0.29, 0.717) is 12.1 Å². The standard InChI is InChI=1S/C17H14FN5O/c18-14-5-1-2-6-15(14)23-17-21-10-13(11-22-17)16(24)20-9-12-4-3-7-19-8-12/h1-8,10-11H,9H2,(H,20,24)(H,21,22,23). The number of amides is 1. The zero-order valence-electron chi connectivity index (χ0n) is 12.6. The van der Waals surface area contributed by atoms with E-state index in [1.807, 2.05) is 6.07 Å². The van der Waals surface area contributed by atoms with Crippen molar-refractivity contribution in [2.45, 2.75) is 6.54 Å². The molecule has 0 radical (unpaired) electrons. The van der Waals surface area contributed by atoms with Crippen molar-refractivity contribution in [3.63, 3.8) is 0 Å². The van der Waals surface area contributed by atoms with E-state index in [4.69, 9.17) is 0 Å². The Morgan fingerprint density at radius 1 is 1.04 bits per heavy atom. The van der Waals surface area contributed by atoms with Gasteiger partial charge >= 0.3 is 0 Å². The molecule has 3 aromatic rings. The van der Waals surface area contributed by atoms with Crippen molar-refractivity contribution in [3.8, 4) is 0 Å². The highest BCUT2D eigenvalue weighted by molar-refractivity contribution is 5.93. The smallest absolute Gasteiger partial charge is 0.254 e.